The Morgan fingerprint density at radius 3 is 2.83 bits per heavy atom. The molecule has 0 radical (unpaired) electrons. The van der Waals surface area contributed by atoms with Crippen LogP contribution in [-0.4, -0.2) is 12.5 Å². The second-order valence-corrected chi connectivity index (χ2v) is 5.02. The van der Waals surface area contributed by atoms with E-state index in [1.54, 1.807) is 0 Å². The number of amides is 1. The quantitative estimate of drug-likeness (QED) is 0.882. The number of nitrogens with one attached hydrogen (secondary N) is 1. The molecule has 3 nitrogen and oxygen atoms in total. The lowest BCUT2D eigenvalue weighted by Gasteiger charge is -2.21. The zero-order valence-corrected chi connectivity index (χ0v) is 10.9. The number of hydrogen-bond acceptors (Lipinski definition) is 2. The monoisotopic (exact) mass is 247 g/mol. The first-order chi connectivity index (χ1) is 8.74. The Morgan fingerprint density at radius 2 is 2.11 bits per heavy atom. The average molecular weight is 247 g/mol. The van der Waals surface area contributed by atoms with Gasteiger partial charge in [-0.3, -0.25) is 4.79 Å². The van der Waals surface area contributed by atoms with Crippen molar-refractivity contribution in [3.63, 3.8) is 0 Å². The van der Waals surface area contributed by atoms with Crippen LogP contribution in [0.3, 0.4) is 0 Å². The van der Waals surface area contributed by atoms with Gasteiger partial charge < -0.3 is 10.1 Å². The molecule has 1 aliphatic rings. The molecule has 0 aliphatic heterocycles. The van der Waals surface area contributed by atoms with E-state index in [0.717, 1.165) is 18.0 Å². The van der Waals surface area contributed by atoms with Gasteiger partial charge in [-0.15, -0.1) is 0 Å². The fourth-order valence-corrected chi connectivity index (χ4v) is 2.43. The van der Waals surface area contributed by atoms with Gasteiger partial charge in [-0.05, 0) is 30.9 Å². The van der Waals surface area contributed by atoms with Crippen LogP contribution in [0.25, 0.3) is 0 Å². The molecule has 0 bridgehead atoms. The van der Waals surface area contributed by atoms with Crippen molar-refractivity contribution in [1.29, 1.82) is 0 Å². The number of anilines is 1. The van der Waals surface area contributed by atoms with E-state index in [0.29, 0.717) is 5.92 Å². The van der Waals surface area contributed by atoms with Gasteiger partial charge in [-0.2, -0.15) is 0 Å². The highest BCUT2D eigenvalue weighted by Gasteiger charge is 2.13. The molecular weight excluding hydrogens is 226 g/mol. The summed E-state index contributed by atoms with van der Waals surface area (Å²) in [6.45, 7) is 2.30. The molecule has 2 rings (SSSR count). The number of carbonyl (C=O) groups is 1. The summed E-state index contributed by atoms with van der Waals surface area (Å²) in [6.07, 6.45) is 6.60. The standard InChI is InChI=1S/C15H21NO2/c1-12(17)16-14-8-5-9-15(10-14)18-11-13-6-3-2-4-7-13/h5,8-10,13H,2-4,6-7,11H2,1H3,(H,16,17). The van der Waals surface area contributed by atoms with Crippen LogP contribution in [0.15, 0.2) is 24.3 Å². The van der Waals surface area contributed by atoms with Crippen LogP contribution in [-0.2, 0) is 4.79 Å². The smallest absolute Gasteiger partial charge is 0.221 e. The molecule has 1 aromatic carbocycles. The zero-order valence-electron chi connectivity index (χ0n) is 10.9. The normalized spacial score (nSPS) is 16.3. The molecule has 1 saturated carbocycles. The Morgan fingerprint density at radius 1 is 1.33 bits per heavy atom. The van der Waals surface area contributed by atoms with Crippen LogP contribution in [0.2, 0.25) is 0 Å². The Balaban J connectivity index is 1.86. The lowest BCUT2D eigenvalue weighted by atomic mass is 9.90. The third-order valence-corrected chi connectivity index (χ3v) is 3.36. The van der Waals surface area contributed by atoms with Crippen LogP contribution in [0.4, 0.5) is 5.69 Å². The van der Waals surface area contributed by atoms with Gasteiger partial charge in [0.2, 0.25) is 5.91 Å². The summed E-state index contributed by atoms with van der Waals surface area (Å²) >= 11 is 0. The van der Waals surface area contributed by atoms with Gasteiger partial charge in [0.25, 0.3) is 0 Å². The average Bonchev–Trinajstić information content (AvgIpc) is 2.37. The molecule has 0 heterocycles. The van der Waals surface area contributed by atoms with Crippen LogP contribution >= 0.6 is 0 Å². The summed E-state index contributed by atoms with van der Waals surface area (Å²) in [5.74, 6) is 1.48. The van der Waals surface area contributed by atoms with E-state index < -0.39 is 0 Å². The van der Waals surface area contributed by atoms with E-state index in [9.17, 15) is 4.79 Å². The minimum Gasteiger partial charge on any atom is -0.493 e. The van der Waals surface area contributed by atoms with Gasteiger partial charge in [0.15, 0.2) is 0 Å². The van der Waals surface area contributed by atoms with Gasteiger partial charge >= 0.3 is 0 Å². The first kappa shape index (κ1) is 12.9. The molecule has 1 aromatic rings. The topological polar surface area (TPSA) is 38.3 Å². The van der Waals surface area contributed by atoms with E-state index in [1.165, 1.54) is 39.0 Å². The van der Waals surface area contributed by atoms with Gasteiger partial charge in [0, 0.05) is 18.7 Å². The van der Waals surface area contributed by atoms with Crippen molar-refractivity contribution < 1.29 is 9.53 Å². The predicted molar refractivity (Wildman–Crippen MR) is 72.8 cm³/mol. The van der Waals surface area contributed by atoms with Crippen molar-refractivity contribution in [3.8, 4) is 5.75 Å². The second kappa shape index (κ2) is 6.43. The second-order valence-electron chi connectivity index (χ2n) is 5.02. The number of ether oxygens (including phenoxy) is 1. The molecule has 1 fully saturated rings. The highest BCUT2D eigenvalue weighted by Crippen LogP contribution is 2.25. The number of benzene rings is 1. The van der Waals surface area contributed by atoms with Crippen molar-refractivity contribution in [1.82, 2.24) is 0 Å². The molecule has 1 amide bonds. The minimum atomic E-state index is -0.0561. The third-order valence-electron chi connectivity index (χ3n) is 3.36. The predicted octanol–water partition coefficient (Wildman–Crippen LogP) is 3.60. The van der Waals surface area contributed by atoms with Crippen LogP contribution in [0.5, 0.6) is 5.75 Å². The van der Waals surface area contributed by atoms with E-state index >= 15 is 0 Å². The van der Waals surface area contributed by atoms with Crippen molar-refractivity contribution >= 4 is 11.6 Å². The lowest BCUT2D eigenvalue weighted by molar-refractivity contribution is -0.114. The van der Waals surface area contributed by atoms with Crippen molar-refractivity contribution in [2.45, 2.75) is 39.0 Å². The molecule has 0 spiro atoms. The molecule has 0 aromatic heterocycles. The number of rotatable bonds is 4. The molecule has 0 atom stereocenters. The summed E-state index contributed by atoms with van der Waals surface area (Å²) in [6, 6.07) is 7.59. The molecule has 1 N–H and O–H groups in total. The van der Waals surface area contributed by atoms with E-state index in [2.05, 4.69) is 5.32 Å². The van der Waals surface area contributed by atoms with Crippen LogP contribution in [0.1, 0.15) is 39.0 Å². The summed E-state index contributed by atoms with van der Waals surface area (Å²) < 4.78 is 5.82. The maximum Gasteiger partial charge on any atom is 0.221 e. The maximum atomic E-state index is 11.0. The Labute approximate surface area is 109 Å². The highest BCUT2D eigenvalue weighted by molar-refractivity contribution is 5.88. The molecular formula is C15H21NO2. The molecule has 1 aliphatic carbocycles. The van der Waals surface area contributed by atoms with Gasteiger partial charge in [-0.25, -0.2) is 0 Å². The van der Waals surface area contributed by atoms with E-state index in [1.807, 2.05) is 24.3 Å². The zero-order chi connectivity index (χ0) is 12.8. The van der Waals surface area contributed by atoms with Crippen LogP contribution < -0.4 is 10.1 Å². The largest absolute Gasteiger partial charge is 0.493 e. The molecule has 0 saturated heterocycles. The first-order valence-corrected chi connectivity index (χ1v) is 6.74. The Bertz CT molecular complexity index is 397. The van der Waals surface area contributed by atoms with E-state index in [-0.39, 0.29) is 5.91 Å². The maximum absolute atomic E-state index is 11.0. The van der Waals surface area contributed by atoms with Crippen molar-refractivity contribution in [3.05, 3.63) is 24.3 Å². The van der Waals surface area contributed by atoms with E-state index in [4.69, 9.17) is 4.74 Å². The molecule has 98 valence electrons. The summed E-state index contributed by atoms with van der Waals surface area (Å²) in [5.41, 5.74) is 0.795. The van der Waals surface area contributed by atoms with Gasteiger partial charge in [0.1, 0.15) is 5.75 Å². The van der Waals surface area contributed by atoms with Crippen molar-refractivity contribution in [2.75, 3.05) is 11.9 Å². The fourth-order valence-electron chi connectivity index (χ4n) is 2.43. The van der Waals surface area contributed by atoms with Gasteiger partial charge in [0.05, 0.1) is 6.61 Å². The fraction of sp³-hybridized carbons (Fsp3) is 0.533. The summed E-state index contributed by atoms with van der Waals surface area (Å²) in [4.78, 5) is 11.0. The lowest BCUT2D eigenvalue weighted by Crippen LogP contribution is -2.15. The van der Waals surface area contributed by atoms with Crippen molar-refractivity contribution in [2.24, 2.45) is 5.92 Å². The summed E-state index contributed by atoms with van der Waals surface area (Å²) in [5, 5.41) is 2.76. The Hall–Kier alpha value is -1.51. The Kier molecular flexibility index (Phi) is 4.62. The first-order valence-electron chi connectivity index (χ1n) is 6.74. The number of carbonyl (C=O) groups excluding carboxylic acids is 1. The third kappa shape index (κ3) is 4.06. The van der Waals surface area contributed by atoms with Crippen LogP contribution in [0, 0.1) is 5.92 Å². The minimum absolute atomic E-state index is 0.0561. The summed E-state index contributed by atoms with van der Waals surface area (Å²) in [7, 11) is 0. The molecule has 18 heavy (non-hydrogen) atoms. The SMILES string of the molecule is CC(=O)Nc1cccc(OCC2CCCCC2)c1. The number of hydrogen-bond donors (Lipinski definition) is 1. The molecule has 0 unspecified atom stereocenters. The highest BCUT2D eigenvalue weighted by atomic mass is 16.5. The molecule has 3 heteroatoms. The van der Waals surface area contributed by atoms with Gasteiger partial charge in [-0.1, -0.05) is 25.3 Å².